The fourth-order valence-electron chi connectivity index (χ4n) is 2.41. The highest BCUT2D eigenvalue weighted by Gasteiger charge is 2.32. The summed E-state index contributed by atoms with van der Waals surface area (Å²) in [5, 5.41) is 0. The van der Waals surface area contributed by atoms with E-state index in [9.17, 15) is 9.59 Å². The number of benzene rings is 2. The first-order valence-electron chi connectivity index (χ1n) is 6.34. The van der Waals surface area contributed by atoms with E-state index in [0.717, 1.165) is 16.7 Å². The molecule has 0 saturated heterocycles. The zero-order valence-corrected chi connectivity index (χ0v) is 10.7. The first-order valence-corrected chi connectivity index (χ1v) is 6.34. The number of cyclic esters (lactones) is 1. The van der Waals surface area contributed by atoms with Crippen molar-refractivity contribution >= 4 is 11.9 Å². The number of rotatable bonds is 3. The summed E-state index contributed by atoms with van der Waals surface area (Å²) in [6, 6.07) is 15.3. The van der Waals surface area contributed by atoms with Crippen molar-refractivity contribution in [2.45, 2.75) is 12.5 Å². The van der Waals surface area contributed by atoms with Crippen molar-refractivity contribution in [1.29, 1.82) is 0 Å². The number of hydrogen-bond donors (Lipinski definition) is 1. The number of carbonyl (C=O) groups excluding carboxylic acids is 2. The van der Waals surface area contributed by atoms with Gasteiger partial charge in [-0.3, -0.25) is 4.79 Å². The summed E-state index contributed by atoms with van der Waals surface area (Å²) in [7, 11) is 0. The summed E-state index contributed by atoms with van der Waals surface area (Å²) in [6.45, 7) is 0. The van der Waals surface area contributed by atoms with E-state index in [1.165, 1.54) is 0 Å². The van der Waals surface area contributed by atoms with Crippen LogP contribution in [0.2, 0.25) is 0 Å². The molecule has 4 heteroatoms. The molecule has 20 heavy (non-hydrogen) atoms. The van der Waals surface area contributed by atoms with Crippen LogP contribution in [0.25, 0.3) is 11.1 Å². The van der Waals surface area contributed by atoms with Crippen molar-refractivity contribution < 1.29 is 14.3 Å². The molecule has 100 valence electrons. The Morgan fingerprint density at radius 2 is 1.85 bits per heavy atom. The molecule has 0 radical (unpaired) electrons. The van der Waals surface area contributed by atoms with Crippen LogP contribution in [0.15, 0.2) is 48.5 Å². The predicted octanol–water partition coefficient (Wildman–Crippen LogP) is 2.44. The van der Waals surface area contributed by atoms with Gasteiger partial charge in [-0.25, -0.2) is 4.79 Å². The Morgan fingerprint density at radius 1 is 1.10 bits per heavy atom. The van der Waals surface area contributed by atoms with Crippen molar-refractivity contribution in [1.82, 2.24) is 0 Å². The van der Waals surface area contributed by atoms with E-state index in [4.69, 9.17) is 10.5 Å². The van der Waals surface area contributed by atoms with Crippen LogP contribution in [0, 0.1) is 0 Å². The molecule has 2 aromatic rings. The number of nitrogens with two attached hydrogens (primary N) is 1. The highest BCUT2D eigenvalue weighted by molar-refractivity contribution is 5.96. The smallest absolute Gasteiger partial charge is 0.339 e. The van der Waals surface area contributed by atoms with Gasteiger partial charge in [-0.05, 0) is 17.2 Å². The lowest BCUT2D eigenvalue weighted by molar-refractivity contribution is -0.119. The van der Waals surface area contributed by atoms with Gasteiger partial charge in [0.15, 0.2) is 0 Å². The zero-order valence-electron chi connectivity index (χ0n) is 10.7. The number of amides is 1. The molecule has 1 atom stereocenters. The Kier molecular flexibility index (Phi) is 2.99. The van der Waals surface area contributed by atoms with Crippen molar-refractivity contribution in [2.24, 2.45) is 5.73 Å². The number of fused-ring (bicyclic) bond motifs is 1. The lowest BCUT2D eigenvalue weighted by atomic mass is 9.97. The average molecular weight is 267 g/mol. The van der Waals surface area contributed by atoms with Gasteiger partial charge in [0, 0.05) is 5.56 Å². The molecule has 0 spiro atoms. The number of carbonyl (C=O) groups is 2. The van der Waals surface area contributed by atoms with Crippen molar-refractivity contribution in [3.63, 3.8) is 0 Å². The molecule has 1 aliphatic rings. The molecule has 0 fully saturated rings. The van der Waals surface area contributed by atoms with Crippen LogP contribution in [-0.2, 0) is 9.53 Å². The number of ether oxygens (including phenoxy) is 1. The highest BCUT2D eigenvalue weighted by atomic mass is 16.5. The van der Waals surface area contributed by atoms with Crippen LogP contribution >= 0.6 is 0 Å². The largest absolute Gasteiger partial charge is 0.453 e. The first-order chi connectivity index (χ1) is 9.65. The van der Waals surface area contributed by atoms with Crippen LogP contribution in [0.5, 0.6) is 0 Å². The molecular weight excluding hydrogens is 254 g/mol. The molecule has 2 N–H and O–H groups in total. The highest BCUT2D eigenvalue weighted by Crippen LogP contribution is 2.35. The second-order valence-corrected chi connectivity index (χ2v) is 4.73. The SMILES string of the molecule is NC(=O)CC1OC(=O)c2cc(-c3ccccc3)ccc21. The lowest BCUT2D eigenvalue weighted by Crippen LogP contribution is -2.15. The molecule has 0 aliphatic carbocycles. The van der Waals surface area contributed by atoms with E-state index >= 15 is 0 Å². The van der Waals surface area contributed by atoms with Gasteiger partial charge in [0.25, 0.3) is 0 Å². The molecular formula is C16H13NO3. The van der Waals surface area contributed by atoms with Crippen LogP contribution in [0.1, 0.15) is 28.4 Å². The molecule has 1 aliphatic heterocycles. The molecule has 1 unspecified atom stereocenters. The molecule has 0 saturated carbocycles. The van der Waals surface area contributed by atoms with Crippen LogP contribution in [0.4, 0.5) is 0 Å². The van der Waals surface area contributed by atoms with E-state index in [-0.39, 0.29) is 6.42 Å². The average Bonchev–Trinajstić information content (AvgIpc) is 2.75. The number of esters is 1. The third-order valence-corrected chi connectivity index (χ3v) is 3.36. The maximum Gasteiger partial charge on any atom is 0.339 e. The van der Waals surface area contributed by atoms with E-state index in [0.29, 0.717) is 5.56 Å². The fraction of sp³-hybridized carbons (Fsp3) is 0.125. The minimum absolute atomic E-state index is 0.0173. The molecule has 1 amide bonds. The summed E-state index contributed by atoms with van der Waals surface area (Å²) in [5.41, 5.74) is 8.38. The first kappa shape index (κ1) is 12.4. The monoisotopic (exact) mass is 267 g/mol. The Bertz CT molecular complexity index is 679. The van der Waals surface area contributed by atoms with Crippen molar-refractivity contribution in [2.75, 3.05) is 0 Å². The maximum atomic E-state index is 11.9. The molecule has 3 rings (SSSR count). The van der Waals surface area contributed by atoms with Gasteiger partial charge < -0.3 is 10.5 Å². The summed E-state index contributed by atoms with van der Waals surface area (Å²) in [6.07, 6.45) is -0.538. The van der Waals surface area contributed by atoms with Crippen LogP contribution in [0.3, 0.4) is 0 Å². The molecule has 0 aromatic heterocycles. The van der Waals surface area contributed by atoms with Gasteiger partial charge in [-0.15, -0.1) is 0 Å². The molecule has 1 heterocycles. The van der Waals surface area contributed by atoms with Gasteiger partial charge >= 0.3 is 5.97 Å². The Balaban J connectivity index is 2.00. The Morgan fingerprint density at radius 3 is 2.55 bits per heavy atom. The minimum Gasteiger partial charge on any atom is -0.453 e. The van der Waals surface area contributed by atoms with Crippen LogP contribution in [-0.4, -0.2) is 11.9 Å². The summed E-state index contributed by atoms with van der Waals surface area (Å²) >= 11 is 0. The van der Waals surface area contributed by atoms with Crippen LogP contribution < -0.4 is 5.73 Å². The minimum atomic E-state index is -0.556. The maximum absolute atomic E-state index is 11.9. The number of primary amides is 1. The molecule has 4 nitrogen and oxygen atoms in total. The third-order valence-electron chi connectivity index (χ3n) is 3.36. The molecule has 0 bridgehead atoms. The Labute approximate surface area is 116 Å². The topological polar surface area (TPSA) is 69.4 Å². The lowest BCUT2D eigenvalue weighted by Gasteiger charge is -2.08. The normalized spacial score (nSPS) is 16.6. The second-order valence-electron chi connectivity index (χ2n) is 4.73. The predicted molar refractivity (Wildman–Crippen MR) is 73.8 cm³/mol. The van der Waals surface area contributed by atoms with Gasteiger partial charge in [0.1, 0.15) is 6.10 Å². The van der Waals surface area contributed by atoms with E-state index < -0.39 is 18.0 Å². The van der Waals surface area contributed by atoms with Gasteiger partial charge in [-0.1, -0.05) is 42.5 Å². The van der Waals surface area contributed by atoms with E-state index in [1.54, 1.807) is 6.07 Å². The third kappa shape index (κ3) is 2.16. The summed E-state index contributed by atoms with van der Waals surface area (Å²) in [5.74, 6) is -0.883. The Hall–Kier alpha value is -2.62. The quantitative estimate of drug-likeness (QED) is 0.868. The van der Waals surface area contributed by atoms with E-state index in [1.807, 2.05) is 42.5 Å². The van der Waals surface area contributed by atoms with Gasteiger partial charge in [-0.2, -0.15) is 0 Å². The summed E-state index contributed by atoms with van der Waals surface area (Å²) in [4.78, 5) is 22.9. The number of hydrogen-bond acceptors (Lipinski definition) is 3. The summed E-state index contributed by atoms with van der Waals surface area (Å²) < 4.78 is 5.19. The standard InChI is InChI=1S/C16H13NO3/c17-15(18)9-14-12-7-6-11(8-13(12)16(19)20-14)10-4-2-1-3-5-10/h1-8,14H,9H2,(H2,17,18). The van der Waals surface area contributed by atoms with Gasteiger partial charge in [0.05, 0.1) is 12.0 Å². The van der Waals surface area contributed by atoms with Gasteiger partial charge in [0.2, 0.25) is 5.91 Å². The van der Waals surface area contributed by atoms with Crippen molar-refractivity contribution in [3.8, 4) is 11.1 Å². The van der Waals surface area contributed by atoms with Crippen molar-refractivity contribution in [3.05, 3.63) is 59.7 Å². The second kappa shape index (κ2) is 4.81. The van der Waals surface area contributed by atoms with E-state index in [2.05, 4.69) is 0 Å². The molecule has 2 aromatic carbocycles. The zero-order chi connectivity index (χ0) is 14.1. The fourth-order valence-corrected chi connectivity index (χ4v) is 2.41.